The maximum atomic E-state index is 5.39. The molecule has 7 heteroatoms. The zero-order valence-corrected chi connectivity index (χ0v) is 15.7. The summed E-state index contributed by atoms with van der Waals surface area (Å²) < 4.78 is 15.9. The van der Waals surface area contributed by atoms with Gasteiger partial charge in [-0.2, -0.15) is 4.98 Å². The molecule has 0 aliphatic rings. The Morgan fingerprint density at radius 3 is 2.11 bits per heavy atom. The minimum absolute atomic E-state index is 0.456. The molecule has 3 rings (SSSR count). The second kappa shape index (κ2) is 8.27. The first-order chi connectivity index (χ1) is 13.1. The number of rotatable bonds is 7. The van der Waals surface area contributed by atoms with Crippen molar-refractivity contribution >= 4 is 23.1 Å². The highest BCUT2D eigenvalue weighted by Crippen LogP contribution is 2.31. The molecule has 1 aromatic heterocycles. The van der Waals surface area contributed by atoms with Crippen LogP contribution in [-0.4, -0.2) is 31.3 Å². The Bertz CT molecular complexity index is 914. The van der Waals surface area contributed by atoms with E-state index < -0.39 is 0 Å². The summed E-state index contributed by atoms with van der Waals surface area (Å²) in [5, 5.41) is 6.47. The molecule has 2 N–H and O–H groups in total. The summed E-state index contributed by atoms with van der Waals surface area (Å²) in [5.41, 5.74) is 2.45. The van der Waals surface area contributed by atoms with Gasteiger partial charge in [0.2, 0.25) is 5.95 Å². The average Bonchev–Trinajstić information content (AvgIpc) is 2.68. The topological polar surface area (TPSA) is 77.5 Å². The molecule has 140 valence electrons. The fourth-order valence-corrected chi connectivity index (χ4v) is 2.54. The predicted molar refractivity (Wildman–Crippen MR) is 106 cm³/mol. The van der Waals surface area contributed by atoms with E-state index in [-0.39, 0.29) is 0 Å². The van der Waals surface area contributed by atoms with E-state index in [1.807, 2.05) is 55.5 Å². The van der Waals surface area contributed by atoms with Gasteiger partial charge in [-0.1, -0.05) is 0 Å². The van der Waals surface area contributed by atoms with E-state index in [0.29, 0.717) is 23.3 Å². The molecule has 0 fully saturated rings. The Morgan fingerprint density at radius 1 is 0.741 bits per heavy atom. The summed E-state index contributed by atoms with van der Waals surface area (Å²) in [6.07, 6.45) is 0. The summed E-state index contributed by atoms with van der Waals surface area (Å²) in [4.78, 5) is 8.99. The lowest BCUT2D eigenvalue weighted by Crippen LogP contribution is -2.03. The van der Waals surface area contributed by atoms with Gasteiger partial charge in [0.25, 0.3) is 0 Å². The molecule has 0 amide bonds. The van der Waals surface area contributed by atoms with Crippen LogP contribution >= 0.6 is 0 Å². The van der Waals surface area contributed by atoms with E-state index in [9.17, 15) is 0 Å². The molecule has 0 saturated carbocycles. The standard InChI is InChI=1S/C20H22N4O3/c1-13-11-19(22-14-5-7-15(25-2)8-6-14)24-20(21-13)23-17-12-16(26-3)9-10-18(17)27-4/h5-12H,1-4H3,(H2,21,22,23,24). The molecular weight excluding hydrogens is 344 g/mol. The third-order valence-corrected chi connectivity index (χ3v) is 3.87. The molecule has 7 nitrogen and oxygen atoms in total. The van der Waals surface area contributed by atoms with E-state index >= 15 is 0 Å². The molecule has 0 aliphatic heterocycles. The minimum Gasteiger partial charge on any atom is -0.497 e. The molecule has 3 aromatic rings. The fraction of sp³-hybridized carbons (Fsp3) is 0.200. The molecule has 0 bridgehead atoms. The minimum atomic E-state index is 0.456. The van der Waals surface area contributed by atoms with Crippen molar-refractivity contribution in [1.29, 1.82) is 0 Å². The van der Waals surface area contributed by atoms with Crippen molar-refractivity contribution < 1.29 is 14.2 Å². The molecule has 0 atom stereocenters. The van der Waals surface area contributed by atoms with Gasteiger partial charge in [0.15, 0.2) is 0 Å². The van der Waals surface area contributed by atoms with Crippen LogP contribution in [-0.2, 0) is 0 Å². The van der Waals surface area contributed by atoms with Crippen LogP contribution in [0.1, 0.15) is 5.69 Å². The first-order valence-corrected chi connectivity index (χ1v) is 8.37. The van der Waals surface area contributed by atoms with Crippen LogP contribution in [0.2, 0.25) is 0 Å². The van der Waals surface area contributed by atoms with Crippen molar-refractivity contribution in [3.8, 4) is 17.2 Å². The van der Waals surface area contributed by atoms with Crippen LogP contribution in [0.25, 0.3) is 0 Å². The Morgan fingerprint density at radius 2 is 1.44 bits per heavy atom. The zero-order valence-electron chi connectivity index (χ0n) is 15.7. The number of ether oxygens (including phenoxy) is 3. The summed E-state index contributed by atoms with van der Waals surface area (Å²) in [5.74, 6) is 3.31. The largest absolute Gasteiger partial charge is 0.497 e. The lowest BCUT2D eigenvalue weighted by atomic mass is 10.2. The van der Waals surface area contributed by atoms with Crippen molar-refractivity contribution in [3.63, 3.8) is 0 Å². The van der Waals surface area contributed by atoms with Crippen LogP contribution in [0, 0.1) is 6.92 Å². The van der Waals surface area contributed by atoms with Gasteiger partial charge in [-0.25, -0.2) is 4.98 Å². The van der Waals surface area contributed by atoms with E-state index in [4.69, 9.17) is 14.2 Å². The highest BCUT2D eigenvalue weighted by molar-refractivity contribution is 5.66. The highest BCUT2D eigenvalue weighted by Gasteiger charge is 2.09. The molecule has 2 aromatic carbocycles. The van der Waals surface area contributed by atoms with Crippen molar-refractivity contribution in [2.75, 3.05) is 32.0 Å². The van der Waals surface area contributed by atoms with Crippen LogP contribution in [0.5, 0.6) is 17.2 Å². The van der Waals surface area contributed by atoms with Crippen molar-refractivity contribution in [1.82, 2.24) is 9.97 Å². The zero-order chi connectivity index (χ0) is 19.2. The Hall–Kier alpha value is -3.48. The maximum Gasteiger partial charge on any atom is 0.229 e. The van der Waals surface area contributed by atoms with Gasteiger partial charge in [0.05, 0.1) is 27.0 Å². The predicted octanol–water partition coefficient (Wildman–Crippen LogP) is 4.30. The van der Waals surface area contributed by atoms with Crippen LogP contribution < -0.4 is 24.8 Å². The lowest BCUT2D eigenvalue weighted by molar-refractivity contribution is 0.405. The summed E-state index contributed by atoms with van der Waals surface area (Å²) in [6.45, 7) is 1.91. The second-order valence-corrected chi connectivity index (χ2v) is 5.76. The van der Waals surface area contributed by atoms with Gasteiger partial charge in [-0.05, 0) is 43.3 Å². The van der Waals surface area contributed by atoms with Crippen LogP contribution in [0.15, 0.2) is 48.5 Å². The highest BCUT2D eigenvalue weighted by atomic mass is 16.5. The number of hydrogen-bond donors (Lipinski definition) is 2. The molecule has 0 spiro atoms. The second-order valence-electron chi connectivity index (χ2n) is 5.76. The lowest BCUT2D eigenvalue weighted by Gasteiger charge is -2.13. The van der Waals surface area contributed by atoms with Crippen molar-refractivity contribution in [2.45, 2.75) is 6.92 Å². The van der Waals surface area contributed by atoms with Gasteiger partial charge in [-0.15, -0.1) is 0 Å². The maximum absolute atomic E-state index is 5.39. The third kappa shape index (κ3) is 4.58. The summed E-state index contributed by atoms with van der Waals surface area (Å²) >= 11 is 0. The Balaban J connectivity index is 1.85. The van der Waals surface area contributed by atoms with Crippen molar-refractivity contribution in [3.05, 3.63) is 54.2 Å². The summed E-state index contributed by atoms with van der Waals surface area (Å²) in [6, 6.07) is 15.0. The van der Waals surface area contributed by atoms with Gasteiger partial charge in [0, 0.05) is 23.5 Å². The normalized spacial score (nSPS) is 10.2. The van der Waals surface area contributed by atoms with Gasteiger partial charge >= 0.3 is 0 Å². The van der Waals surface area contributed by atoms with Gasteiger partial charge in [0.1, 0.15) is 23.1 Å². The summed E-state index contributed by atoms with van der Waals surface area (Å²) in [7, 11) is 4.87. The molecule has 0 radical (unpaired) electrons. The third-order valence-electron chi connectivity index (χ3n) is 3.87. The first kappa shape index (κ1) is 18.3. The Labute approximate surface area is 158 Å². The van der Waals surface area contributed by atoms with E-state index in [2.05, 4.69) is 20.6 Å². The van der Waals surface area contributed by atoms with Crippen LogP contribution in [0.4, 0.5) is 23.1 Å². The SMILES string of the molecule is COc1ccc(Nc2cc(C)nc(Nc3cc(OC)ccc3OC)n2)cc1. The quantitative estimate of drug-likeness (QED) is 0.645. The number of benzene rings is 2. The number of nitrogens with one attached hydrogen (secondary N) is 2. The smallest absolute Gasteiger partial charge is 0.229 e. The average molecular weight is 366 g/mol. The van der Waals surface area contributed by atoms with Crippen molar-refractivity contribution in [2.24, 2.45) is 0 Å². The molecule has 27 heavy (non-hydrogen) atoms. The number of methoxy groups -OCH3 is 3. The molecule has 1 heterocycles. The number of anilines is 4. The first-order valence-electron chi connectivity index (χ1n) is 8.37. The monoisotopic (exact) mass is 366 g/mol. The number of aryl methyl sites for hydroxylation is 1. The molecule has 0 unspecified atom stereocenters. The van der Waals surface area contributed by atoms with Gasteiger partial charge in [-0.3, -0.25) is 0 Å². The van der Waals surface area contributed by atoms with Gasteiger partial charge < -0.3 is 24.8 Å². The molecule has 0 aliphatic carbocycles. The van der Waals surface area contributed by atoms with E-state index in [1.165, 1.54) is 0 Å². The molecular formula is C20H22N4O3. The Kier molecular flexibility index (Phi) is 5.61. The van der Waals surface area contributed by atoms with E-state index in [1.54, 1.807) is 21.3 Å². The number of nitrogens with zero attached hydrogens (tertiary/aromatic N) is 2. The fourth-order valence-electron chi connectivity index (χ4n) is 2.54. The number of aromatic nitrogens is 2. The molecule has 0 saturated heterocycles. The number of hydrogen-bond acceptors (Lipinski definition) is 7. The van der Waals surface area contributed by atoms with E-state index in [0.717, 1.165) is 22.8 Å². The van der Waals surface area contributed by atoms with Crippen LogP contribution in [0.3, 0.4) is 0 Å².